The summed E-state index contributed by atoms with van der Waals surface area (Å²) < 4.78 is 5.00. The monoisotopic (exact) mass is 278 g/mol. The summed E-state index contributed by atoms with van der Waals surface area (Å²) in [6.45, 7) is 2.49. The van der Waals surface area contributed by atoms with Gasteiger partial charge in [0, 0.05) is 6.54 Å². The zero-order chi connectivity index (χ0) is 13.8. The molecule has 4 nitrogen and oxygen atoms in total. The number of aryl methyl sites for hydroxylation is 1. The van der Waals surface area contributed by atoms with Crippen LogP contribution in [0.15, 0.2) is 30.5 Å². The van der Waals surface area contributed by atoms with Crippen molar-refractivity contribution in [1.82, 2.24) is 4.98 Å². The van der Waals surface area contributed by atoms with Crippen LogP contribution >= 0.6 is 11.6 Å². The molecule has 19 heavy (non-hydrogen) atoms. The lowest BCUT2D eigenvalue weighted by molar-refractivity contribution is 0.373. The normalized spacial score (nSPS) is 10.3. The zero-order valence-corrected chi connectivity index (χ0v) is 11.5. The van der Waals surface area contributed by atoms with Crippen LogP contribution in [-0.2, 0) is 6.54 Å². The number of methoxy groups -OCH3 is 1. The molecule has 0 spiro atoms. The highest BCUT2D eigenvalue weighted by molar-refractivity contribution is 6.30. The number of ether oxygens (including phenoxy) is 1. The van der Waals surface area contributed by atoms with Crippen LogP contribution in [0.2, 0.25) is 5.15 Å². The first-order chi connectivity index (χ1) is 9.10. The number of phenolic OH excluding ortho intramolecular Hbond substituents is 1. The number of phenols is 1. The molecule has 2 rings (SSSR count). The van der Waals surface area contributed by atoms with Crippen LogP contribution in [0.25, 0.3) is 0 Å². The minimum absolute atomic E-state index is 0.132. The number of pyridine rings is 1. The van der Waals surface area contributed by atoms with Crippen LogP contribution in [0.3, 0.4) is 0 Å². The molecule has 1 aromatic heterocycles. The Morgan fingerprint density at radius 1 is 1.37 bits per heavy atom. The van der Waals surface area contributed by atoms with Crippen molar-refractivity contribution in [3.05, 3.63) is 46.7 Å². The molecule has 1 heterocycles. The first-order valence-corrected chi connectivity index (χ1v) is 6.20. The van der Waals surface area contributed by atoms with E-state index in [4.69, 9.17) is 16.3 Å². The van der Waals surface area contributed by atoms with Crippen molar-refractivity contribution >= 4 is 17.3 Å². The molecule has 0 aliphatic heterocycles. The molecule has 2 aromatic rings. The van der Waals surface area contributed by atoms with Crippen LogP contribution in [0.4, 0.5) is 5.69 Å². The number of benzene rings is 1. The fraction of sp³-hybridized carbons (Fsp3) is 0.214. The summed E-state index contributed by atoms with van der Waals surface area (Å²) in [7, 11) is 1.52. The average molecular weight is 279 g/mol. The minimum Gasteiger partial charge on any atom is -0.504 e. The molecule has 0 radical (unpaired) electrons. The van der Waals surface area contributed by atoms with Gasteiger partial charge < -0.3 is 15.2 Å². The van der Waals surface area contributed by atoms with E-state index in [1.165, 1.54) is 7.11 Å². The van der Waals surface area contributed by atoms with E-state index >= 15 is 0 Å². The zero-order valence-electron chi connectivity index (χ0n) is 10.8. The summed E-state index contributed by atoms with van der Waals surface area (Å²) in [5.41, 5.74) is 2.76. The minimum atomic E-state index is 0.132. The molecule has 2 N–H and O–H groups in total. The lowest BCUT2D eigenvalue weighted by Gasteiger charge is -2.09. The second-order valence-corrected chi connectivity index (χ2v) is 4.55. The van der Waals surface area contributed by atoms with Crippen molar-refractivity contribution in [1.29, 1.82) is 0 Å². The highest BCUT2D eigenvalue weighted by Crippen LogP contribution is 2.26. The molecule has 0 atom stereocenters. The summed E-state index contributed by atoms with van der Waals surface area (Å²) in [4.78, 5) is 4.07. The van der Waals surface area contributed by atoms with E-state index in [2.05, 4.69) is 10.3 Å². The smallest absolute Gasteiger partial charge is 0.160 e. The maximum Gasteiger partial charge on any atom is 0.160 e. The molecular formula is C14H15ClN2O2. The van der Waals surface area contributed by atoms with Gasteiger partial charge in [-0.1, -0.05) is 17.7 Å². The van der Waals surface area contributed by atoms with Gasteiger partial charge in [0.05, 0.1) is 19.0 Å². The van der Waals surface area contributed by atoms with Gasteiger partial charge in [-0.05, 0) is 36.2 Å². The maximum atomic E-state index is 9.69. The topological polar surface area (TPSA) is 54.4 Å². The summed E-state index contributed by atoms with van der Waals surface area (Å²) in [6.07, 6.45) is 1.68. The Kier molecular flexibility index (Phi) is 4.12. The fourth-order valence-corrected chi connectivity index (χ4v) is 1.81. The third kappa shape index (κ3) is 3.29. The second kappa shape index (κ2) is 5.80. The van der Waals surface area contributed by atoms with Gasteiger partial charge >= 0.3 is 0 Å². The Labute approximate surface area is 117 Å². The Morgan fingerprint density at radius 3 is 2.79 bits per heavy atom. The number of aromatic nitrogens is 1. The third-order valence-electron chi connectivity index (χ3n) is 2.75. The van der Waals surface area contributed by atoms with E-state index in [9.17, 15) is 5.11 Å². The van der Waals surface area contributed by atoms with E-state index in [0.29, 0.717) is 17.4 Å². The molecule has 0 aliphatic carbocycles. The SMILES string of the molecule is COc1ccc(CNc2cnc(Cl)c(C)c2)cc1O. The highest BCUT2D eigenvalue weighted by atomic mass is 35.5. The second-order valence-electron chi connectivity index (χ2n) is 4.19. The molecule has 5 heteroatoms. The van der Waals surface area contributed by atoms with Crippen molar-refractivity contribution < 1.29 is 9.84 Å². The molecule has 1 aromatic carbocycles. The van der Waals surface area contributed by atoms with Crippen LogP contribution in [0.1, 0.15) is 11.1 Å². The number of anilines is 1. The number of nitrogens with zero attached hydrogens (tertiary/aromatic N) is 1. The molecule has 100 valence electrons. The van der Waals surface area contributed by atoms with Gasteiger partial charge in [0.1, 0.15) is 5.15 Å². The van der Waals surface area contributed by atoms with Gasteiger partial charge in [0.2, 0.25) is 0 Å². The van der Waals surface area contributed by atoms with Crippen LogP contribution < -0.4 is 10.1 Å². The van der Waals surface area contributed by atoms with E-state index < -0.39 is 0 Å². The van der Waals surface area contributed by atoms with Gasteiger partial charge in [0.15, 0.2) is 11.5 Å². The number of hydrogen-bond acceptors (Lipinski definition) is 4. The van der Waals surface area contributed by atoms with Crippen molar-refractivity contribution in [2.45, 2.75) is 13.5 Å². The molecule has 0 saturated carbocycles. The Morgan fingerprint density at radius 2 is 2.16 bits per heavy atom. The predicted octanol–water partition coefficient (Wildman–Crippen LogP) is 3.37. The molecule has 0 amide bonds. The third-order valence-corrected chi connectivity index (χ3v) is 3.15. The van der Waals surface area contributed by atoms with Gasteiger partial charge in [-0.15, -0.1) is 0 Å². The maximum absolute atomic E-state index is 9.69. The van der Waals surface area contributed by atoms with Gasteiger partial charge in [0.25, 0.3) is 0 Å². The van der Waals surface area contributed by atoms with Crippen molar-refractivity contribution in [3.8, 4) is 11.5 Å². The van der Waals surface area contributed by atoms with Crippen molar-refractivity contribution in [2.75, 3.05) is 12.4 Å². The van der Waals surface area contributed by atoms with Crippen LogP contribution in [0, 0.1) is 6.92 Å². The average Bonchev–Trinajstić information content (AvgIpc) is 2.40. The predicted molar refractivity (Wildman–Crippen MR) is 76.0 cm³/mol. The molecule has 0 fully saturated rings. The Hall–Kier alpha value is -1.94. The molecule has 0 aliphatic rings. The largest absolute Gasteiger partial charge is 0.504 e. The number of aromatic hydroxyl groups is 1. The Balaban J connectivity index is 2.05. The highest BCUT2D eigenvalue weighted by Gasteiger charge is 2.03. The van der Waals surface area contributed by atoms with Gasteiger partial charge in [-0.3, -0.25) is 0 Å². The van der Waals surface area contributed by atoms with E-state index in [1.54, 1.807) is 18.3 Å². The summed E-state index contributed by atoms with van der Waals surface area (Å²) in [5, 5.41) is 13.4. The van der Waals surface area contributed by atoms with Gasteiger partial charge in [-0.25, -0.2) is 4.98 Å². The number of rotatable bonds is 4. The van der Waals surface area contributed by atoms with Gasteiger partial charge in [-0.2, -0.15) is 0 Å². The molecule has 0 saturated heterocycles. The van der Waals surface area contributed by atoms with E-state index in [1.807, 2.05) is 19.1 Å². The molecule has 0 unspecified atom stereocenters. The quantitative estimate of drug-likeness (QED) is 0.842. The molecule has 0 bridgehead atoms. The number of halogens is 1. The fourth-order valence-electron chi connectivity index (χ4n) is 1.70. The van der Waals surface area contributed by atoms with E-state index in [-0.39, 0.29) is 5.75 Å². The first kappa shape index (κ1) is 13.5. The van der Waals surface area contributed by atoms with Crippen LogP contribution in [-0.4, -0.2) is 17.2 Å². The summed E-state index contributed by atoms with van der Waals surface area (Å²) in [6, 6.07) is 7.22. The van der Waals surface area contributed by atoms with E-state index in [0.717, 1.165) is 16.8 Å². The number of nitrogens with one attached hydrogen (secondary N) is 1. The standard InChI is InChI=1S/C14H15ClN2O2/c1-9-5-11(8-17-14(9)15)16-7-10-3-4-13(19-2)12(18)6-10/h3-6,8,16,18H,7H2,1-2H3. The van der Waals surface area contributed by atoms with Crippen molar-refractivity contribution in [3.63, 3.8) is 0 Å². The first-order valence-electron chi connectivity index (χ1n) is 5.82. The number of hydrogen-bond donors (Lipinski definition) is 2. The van der Waals surface area contributed by atoms with Crippen LogP contribution in [0.5, 0.6) is 11.5 Å². The lowest BCUT2D eigenvalue weighted by atomic mass is 10.2. The summed E-state index contributed by atoms with van der Waals surface area (Å²) >= 11 is 5.87. The Bertz CT molecular complexity index is 588. The summed E-state index contributed by atoms with van der Waals surface area (Å²) in [5.74, 6) is 0.597. The van der Waals surface area contributed by atoms with Crippen molar-refractivity contribution in [2.24, 2.45) is 0 Å². The lowest BCUT2D eigenvalue weighted by Crippen LogP contribution is -2.00. The molecular weight excluding hydrogens is 264 g/mol.